The summed E-state index contributed by atoms with van der Waals surface area (Å²) < 4.78 is 0. The van der Waals surface area contributed by atoms with Crippen molar-refractivity contribution in [3.05, 3.63) is 77.6 Å². The van der Waals surface area contributed by atoms with Gasteiger partial charge >= 0.3 is 0 Å². The summed E-state index contributed by atoms with van der Waals surface area (Å²) in [4.78, 5) is 16.8. The van der Waals surface area contributed by atoms with Gasteiger partial charge in [-0.2, -0.15) is 0 Å². The Labute approximate surface area is 124 Å². The summed E-state index contributed by atoms with van der Waals surface area (Å²) in [6, 6.07) is 15.5. The summed E-state index contributed by atoms with van der Waals surface area (Å²) in [5.74, 6) is 0.528. The molecule has 2 nitrogen and oxygen atoms in total. The Bertz CT molecular complexity index is 783. The van der Waals surface area contributed by atoms with Crippen molar-refractivity contribution in [3.63, 3.8) is 0 Å². The van der Waals surface area contributed by atoms with Gasteiger partial charge in [-0.25, -0.2) is 0 Å². The Balaban J connectivity index is 2.04. The van der Waals surface area contributed by atoms with Crippen LogP contribution in [-0.2, 0) is 0 Å². The monoisotopic (exact) mass is 275 g/mol. The van der Waals surface area contributed by atoms with E-state index in [1.54, 1.807) is 12.4 Å². The zero-order valence-electron chi connectivity index (χ0n) is 12.2. The predicted molar refractivity (Wildman–Crippen MR) is 85.7 cm³/mol. The van der Waals surface area contributed by atoms with Gasteiger partial charge in [0.15, 0.2) is 5.78 Å². The highest BCUT2D eigenvalue weighted by molar-refractivity contribution is 6.16. The van der Waals surface area contributed by atoms with Gasteiger partial charge in [-0.3, -0.25) is 9.78 Å². The van der Waals surface area contributed by atoms with Gasteiger partial charge in [-0.05, 0) is 22.9 Å². The lowest BCUT2D eigenvalue weighted by atomic mass is 9.96. The molecule has 2 heteroatoms. The molecule has 0 atom stereocenters. The number of hydrogen-bond acceptors (Lipinski definition) is 2. The quantitative estimate of drug-likeness (QED) is 0.654. The molecule has 2 aromatic carbocycles. The standard InChI is InChI=1S/C19H17NO/c1-13(2)14-6-8-15(9-7-14)19(21)18-5-3-4-16-12-20-11-10-17(16)18/h3-13H,1-2H3. The highest BCUT2D eigenvalue weighted by Gasteiger charge is 2.12. The van der Waals surface area contributed by atoms with Crippen LogP contribution in [0.5, 0.6) is 0 Å². The molecule has 0 radical (unpaired) electrons. The lowest BCUT2D eigenvalue weighted by Gasteiger charge is -2.08. The Hall–Kier alpha value is -2.48. The van der Waals surface area contributed by atoms with Crippen LogP contribution >= 0.6 is 0 Å². The Morgan fingerprint density at radius 1 is 1.00 bits per heavy atom. The van der Waals surface area contributed by atoms with Crippen LogP contribution in [0.15, 0.2) is 60.9 Å². The minimum Gasteiger partial charge on any atom is -0.289 e. The van der Waals surface area contributed by atoms with Gasteiger partial charge in [0, 0.05) is 28.9 Å². The van der Waals surface area contributed by atoms with E-state index >= 15 is 0 Å². The number of aromatic nitrogens is 1. The summed E-state index contributed by atoms with van der Waals surface area (Å²) in [7, 11) is 0. The summed E-state index contributed by atoms with van der Waals surface area (Å²) in [6.45, 7) is 4.29. The number of carbonyl (C=O) groups is 1. The third-order valence-corrected chi connectivity index (χ3v) is 3.76. The van der Waals surface area contributed by atoms with Crippen molar-refractivity contribution in [2.45, 2.75) is 19.8 Å². The lowest BCUT2D eigenvalue weighted by molar-refractivity contribution is 0.104. The maximum absolute atomic E-state index is 12.7. The fourth-order valence-corrected chi connectivity index (χ4v) is 2.50. The van der Waals surface area contributed by atoms with Gasteiger partial charge in [-0.1, -0.05) is 56.3 Å². The van der Waals surface area contributed by atoms with E-state index in [4.69, 9.17) is 0 Å². The van der Waals surface area contributed by atoms with E-state index in [1.165, 1.54) is 5.56 Å². The first-order valence-corrected chi connectivity index (χ1v) is 7.14. The minimum atomic E-state index is 0.0575. The number of fused-ring (bicyclic) bond motifs is 1. The van der Waals surface area contributed by atoms with E-state index in [9.17, 15) is 4.79 Å². The van der Waals surface area contributed by atoms with Crippen LogP contribution in [0, 0.1) is 0 Å². The maximum Gasteiger partial charge on any atom is 0.193 e. The fraction of sp³-hybridized carbons (Fsp3) is 0.158. The van der Waals surface area contributed by atoms with Crippen molar-refractivity contribution in [2.24, 2.45) is 0 Å². The third-order valence-electron chi connectivity index (χ3n) is 3.76. The molecular formula is C19H17NO. The van der Waals surface area contributed by atoms with Crippen LogP contribution in [0.25, 0.3) is 10.8 Å². The van der Waals surface area contributed by atoms with Crippen LogP contribution in [0.4, 0.5) is 0 Å². The van der Waals surface area contributed by atoms with Gasteiger partial charge in [0.05, 0.1) is 0 Å². The molecule has 0 unspecified atom stereocenters. The third kappa shape index (κ3) is 2.57. The van der Waals surface area contributed by atoms with Gasteiger partial charge in [0.1, 0.15) is 0 Å². The zero-order valence-corrected chi connectivity index (χ0v) is 12.2. The largest absolute Gasteiger partial charge is 0.289 e. The van der Waals surface area contributed by atoms with E-state index in [1.807, 2.05) is 48.5 Å². The average molecular weight is 275 g/mol. The van der Waals surface area contributed by atoms with E-state index in [-0.39, 0.29) is 5.78 Å². The molecule has 0 aliphatic carbocycles. The number of ketones is 1. The normalized spacial score (nSPS) is 11.0. The van der Waals surface area contributed by atoms with E-state index in [0.29, 0.717) is 5.92 Å². The van der Waals surface area contributed by atoms with Crippen molar-refractivity contribution in [3.8, 4) is 0 Å². The second-order valence-corrected chi connectivity index (χ2v) is 5.51. The van der Waals surface area contributed by atoms with Crippen LogP contribution in [0.1, 0.15) is 41.3 Å². The first kappa shape index (κ1) is 13.5. The molecule has 0 saturated heterocycles. The summed E-state index contributed by atoms with van der Waals surface area (Å²) in [5.41, 5.74) is 2.70. The van der Waals surface area contributed by atoms with Crippen molar-refractivity contribution in [1.29, 1.82) is 0 Å². The number of carbonyl (C=O) groups excluding carboxylic acids is 1. The Morgan fingerprint density at radius 2 is 1.76 bits per heavy atom. The number of benzene rings is 2. The van der Waals surface area contributed by atoms with E-state index < -0.39 is 0 Å². The molecule has 3 aromatic rings. The molecule has 104 valence electrons. The second-order valence-electron chi connectivity index (χ2n) is 5.51. The minimum absolute atomic E-state index is 0.0575. The first-order valence-electron chi connectivity index (χ1n) is 7.14. The summed E-state index contributed by atoms with van der Waals surface area (Å²) >= 11 is 0. The highest BCUT2D eigenvalue weighted by atomic mass is 16.1. The second kappa shape index (κ2) is 5.49. The number of rotatable bonds is 3. The maximum atomic E-state index is 12.7. The van der Waals surface area contributed by atoms with Crippen molar-refractivity contribution < 1.29 is 4.79 Å². The van der Waals surface area contributed by atoms with Crippen LogP contribution < -0.4 is 0 Å². The number of nitrogens with zero attached hydrogens (tertiary/aromatic N) is 1. The molecule has 0 amide bonds. The van der Waals surface area contributed by atoms with Crippen LogP contribution in [0.3, 0.4) is 0 Å². The highest BCUT2D eigenvalue weighted by Crippen LogP contribution is 2.22. The molecule has 1 heterocycles. The van der Waals surface area contributed by atoms with Crippen molar-refractivity contribution >= 4 is 16.6 Å². The molecule has 0 aliphatic rings. The summed E-state index contributed by atoms with van der Waals surface area (Å²) in [6.07, 6.45) is 3.51. The molecule has 0 bridgehead atoms. The molecule has 0 fully saturated rings. The topological polar surface area (TPSA) is 30.0 Å². The number of hydrogen-bond donors (Lipinski definition) is 0. The van der Waals surface area contributed by atoms with Crippen molar-refractivity contribution in [2.75, 3.05) is 0 Å². The molecule has 3 rings (SSSR count). The molecule has 0 saturated carbocycles. The molecular weight excluding hydrogens is 258 g/mol. The van der Waals surface area contributed by atoms with Gasteiger partial charge < -0.3 is 0 Å². The van der Waals surface area contributed by atoms with Gasteiger partial charge in [0.25, 0.3) is 0 Å². The molecule has 0 spiro atoms. The average Bonchev–Trinajstić information content (AvgIpc) is 2.53. The predicted octanol–water partition coefficient (Wildman–Crippen LogP) is 4.59. The Kier molecular flexibility index (Phi) is 3.53. The first-order chi connectivity index (χ1) is 10.2. The van der Waals surface area contributed by atoms with E-state index in [0.717, 1.165) is 21.9 Å². The smallest absolute Gasteiger partial charge is 0.193 e. The van der Waals surface area contributed by atoms with Crippen LogP contribution in [-0.4, -0.2) is 10.8 Å². The van der Waals surface area contributed by atoms with Gasteiger partial charge in [-0.15, -0.1) is 0 Å². The van der Waals surface area contributed by atoms with Gasteiger partial charge in [0.2, 0.25) is 0 Å². The zero-order chi connectivity index (χ0) is 14.8. The summed E-state index contributed by atoms with van der Waals surface area (Å²) in [5, 5.41) is 1.94. The molecule has 0 N–H and O–H groups in total. The number of pyridine rings is 1. The molecule has 1 aromatic heterocycles. The van der Waals surface area contributed by atoms with Crippen molar-refractivity contribution in [1.82, 2.24) is 4.98 Å². The molecule has 21 heavy (non-hydrogen) atoms. The molecule has 0 aliphatic heterocycles. The fourth-order valence-electron chi connectivity index (χ4n) is 2.50. The van der Waals surface area contributed by atoms with E-state index in [2.05, 4.69) is 18.8 Å². The van der Waals surface area contributed by atoms with Crippen LogP contribution in [0.2, 0.25) is 0 Å². The Morgan fingerprint density at radius 3 is 2.48 bits per heavy atom. The lowest BCUT2D eigenvalue weighted by Crippen LogP contribution is -2.02. The SMILES string of the molecule is CC(C)c1ccc(C(=O)c2cccc3cnccc23)cc1.